The molecule has 0 saturated heterocycles. The fourth-order valence-corrected chi connectivity index (χ4v) is 8.56. The minimum Gasteiger partial charge on any atom is -0.387 e. The van der Waals surface area contributed by atoms with Gasteiger partial charge in [0.05, 0.1) is 39.9 Å². The summed E-state index contributed by atoms with van der Waals surface area (Å²) in [7, 11) is 1.53. The van der Waals surface area contributed by atoms with Crippen molar-refractivity contribution in [2.75, 3.05) is 40.9 Å². The maximum Gasteiger partial charge on any atom is 0.472 e. The van der Waals surface area contributed by atoms with E-state index in [2.05, 4.69) is 104 Å². The van der Waals surface area contributed by atoms with E-state index >= 15 is 0 Å². The van der Waals surface area contributed by atoms with Crippen LogP contribution in [0.1, 0.15) is 232 Å². The second kappa shape index (κ2) is 51.3. The summed E-state index contributed by atoms with van der Waals surface area (Å²) in [5.41, 5.74) is 0. The Morgan fingerprint density at radius 1 is 0.500 bits per heavy atom. The molecule has 70 heavy (non-hydrogen) atoms. The quantitative estimate of drug-likeness (QED) is 0.0243. The van der Waals surface area contributed by atoms with E-state index in [1.54, 1.807) is 6.08 Å². The zero-order chi connectivity index (χ0) is 51.3. The van der Waals surface area contributed by atoms with Crippen LogP contribution < -0.4 is 5.32 Å². The second-order valence-corrected chi connectivity index (χ2v) is 21.7. The van der Waals surface area contributed by atoms with Crippen LogP contribution in [0.2, 0.25) is 0 Å². The van der Waals surface area contributed by atoms with Crippen molar-refractivity contribution in [2.45, 2.75) is 244 Å². The molecule has 0 radical (unpaired) electrons. The van der Waals surface area contributed by atoms with Crippen LogP contribution in [0.3, 0.4) is 0 Å². The van der Waals surface area contributed by atoms with E-state index in [9.17, 15) is 19.4 Å². The fourth-order valence-electron chi connectivity index (χ4n) is 7.83. The lowest BCUT2D eigenvalue weighted by Crippen LogP contribution is -2.45. The number of aliphatic hydroxyl groups is 1. The van der Waals surface area contributed by atoms with Crippen LogP contribution in [0, 0.1) is 0 Å². The molecular weight excluding hydrogens is 888 g/mol. The summed E-state index contributed by atoms with van der Waals surface area (Å²) in [5.74, 6) is -0.204. The standard InChI is InChI=1S/C61H109N2O6P/c1-6-8-10-12-14-16-18-20-22-24-26-28-30-31-33-35-37-39-41-43-45-47-49-51-53-55-61(65)62-59(58-69-70(66,67)68-57-56-63(3,4)5)60(64)54-52-50-48-46-44-42-40-38-36-34-32-29-27-25-23-21-19-17-15-13-11-9-7-2/h8,10,14,16,20,22,26,28,31,33,37,39,44,46,52,54,59-60,64H,6-7,9,11-13,15,17-19,21,23-25,27,29-30,32,34-36,38,40-43,45,47-51,53,55-58H2,1-5H3,(H-,62,65,66,67)/p+1/b10-8-,16-14-,22-20-,28-26-,33-31-,39-37-,46-44+,54-52+. The highest BCUT2D eigenvalue weighted by Gasteiger charge is 2.27. The normalized spacial score (nSPS) is 14.7. The highest BCUT2D eigenvalue weighted by molar-refractivity contribution is 7.47. The van der Waals surface area contributed by atoms with Crippen LogP contribution in [0.5, 0.6) is 0 Å². The molecule has 0 bridgehead atoms. The summed E-state index contributed by atoms with van der Waals surface area (Å²) in [6, 6.07) is -0.879. The molecule has 3 unspecified atom stereocenters. The van der Waals surface area contributed by atoms with Gasteiger partial charge in [0.1, 0.15) is 13.2 Å². The second-order valence-electron chi connectivity index (χ2n) is 20.3. The molecule has 0 aromatic carbocycles. The van der Waals surface area contributed by atoms with E-state index in [4.69, 9.17) is 9.05 Å². The summed E-state index contributed by atoms with van der Waals surface area (Å²) in [6.45, 7) is 4.67. The molecule has 0 aliphatic carbocycles. The number of carbonyl (C=O) groups excluding carboxylic acids is 1. The Balaban J connectivity index is 4.34. The van der Waals surface area contributed by atoms with Gasteiger partial charge in [0.25, 0.3) is 0 Å². The third-order valence-corrected chi connectivity index (χ3v) is 13.3. The number of amides is 1. The van der Waals surface area contributed by atoms with E-state index < -0.39 is 20.0 Å². The van der Waals surface area contributed by atoms with Crippen LogP contribution in [0.25, 0.3) is 0 Å². The van der Waals surface area contributed by atoms with Crippen molar-refractivity contribution in [3.8, 4) is 0 Å². The SMILES string of the molecule is CC/C=C\C/C=C\C/C=C\C/C=C\C/C=C\C/C=C\CCCCCCCCC(=O)NC(COP(=O)(O)OCC[N+](C)(C)C)C(O)/C=C/CC/C=C/CCCCCCCCCCCCCCCCCCC. The molecule has 3 N–H and O–H groups in total. The maximum atomic E-state index is 13.0. The molecular formula is C61H110N2O6P+. The van der Waals surface area contributed by atoms with Gasteiger partial charge >= 0.3 is 7.82 Å². The van der Waals surface area contributed by atoms with Crippen molar-refractivity contribution < 1.29 is 32.9 Å². The summed E-state index contributed by atoms with van der Waals surface area (Å²) in [5, 5.41) is 13.9. The average molecular weight is 999 g/mol. The minimum absolute atomic E-state index is 0.0479. The van der Waals surface area contributed by atoms with Gasteiger partial charge in [0.2, 0.25) is 5.91 Å². The third kappa shape index (κ3) is 53.2. The van der Waals surface area contributed by atoms with Gasteiger partial charge < -0.3 is 19.8 Å². The highest BCUT2D eigenvalue weighted by atomic mass is 31.2. The Morgan fingerprint density at radius 3 is 1.31 bits per heavy atom. The van der Waals surface area contributed by atoms with Crippen LogP contribution in [0.4, 0.5) is 0 Å². The van der Waals surface area contributed by atoms with Crippen molar-refractivity contribution >= 4 is 13.7 Å². The molecule has 1 amide bonds. The largest absolute Gasteiger partial charge is 0.472 e. The zero-order valence-electron chi connectivity index (χ0n) is 46.0. The van der Waals surface area contributed by atoms with Crippen molar-refractivity contribution in [3.05, 3.63) is 97.2 Å². The fraction of sp³-hybridized carbons (Fsp3) is 0.721. The van der Waals surface area contributed by atoms with E-state index in [0.717, 1.165) is 89.9 Å². The lowest BCUT2D eigenvalue weighted by Gasteiger charge is -2.25. The Morgan fingerprint density at radius 2 is 0.871 bits per heavy atom. The number of carbonyl (C=O) groups is 1. The predicted octanol–water partition coefficient (Wildman–Crippen LogP) is 17.4. The molecule has 3 atom stereocenters. The summed E-state index contributed by atoms with van der Waals surface area (Å²) >= 11 is 0. The predicted molar refractivity (Wildman–Crippen MR) is 304 cm³/mol. The van der Waals surface area contributed by atoms with Gasteiger partial charge in [-0.05, 0) is 83.5 Å². The Kier molecular flexibility index (Phi) is 49.4. The van der Waals surface area contributed by atoms with Crippen molar-refractivity contribution in [3.63, 3.8) is 0 Å². The number of rotatable bonds is 51. The number of unbranched alkanes of at least 4 members (excludes halogenated alkanes) is 24. The number of hydrogen-bond acceptors (Lipinski definition) is 5. The molecule has 0 fully saturated rings. The van der Waals surface area contributed by atoms with Crippen molar-refractivity contribution in [2.24, 2.45) is 0 Å². The molecule has 0 heterocycles. The van der Waals surface area contributed by atoms with Gasteiger partial charge in [-0.2, -0.15) is 0 Å². The number of phosphoric ester groups is 1. The maximum absolute atomic E-state index is 13.0. The molecule has 8 nitrogen and oxygen atoms in total. The summed E-state index contributed by atoms with van der Waals surface area (Å²) in [4.78, 5) is 23.3. The van der Waals surface area contributed by atoms with Gasteiger partial charge in [-0.25, -0.2) is 4.57 Å². The van der Waals surface area contributed by atoms with Gasteiger partial charge in [0, 0.05) is 6.42 Å². The van der Waals surface area contributed by atoms with E-state index in [0.29, 0.717) is 17.4 Å². The highest BCUT2D eigenvalue weighted by Crippen LogP contribution is 2.43. The molecule has 0 aliphatic rings. The molecule has 404 valence electrons. The van der Waals surface area contributed by atoms with Gasteiger partial charge in [0.15, 0.2) is 0 Å². The number of quaternary nitrogens is 1. The average Bonchev–Trinajstić information content (AvgIpc) is 3.32. The summed E-state index contributed by atoms with van der Waals surface area (Å²) < 4.78 is 23.7. The molecule has 9 heteroatoms. The van der Waals surface area contributed by atoms with Crippen LogP contribution in [-0.2, 0) is 18.4 Å². The number of allylic oxidation sites excluding steroid dienone is 15. The first kappa shape index (κ1) is 67.4. The zero-order valence-corrected chi connectivity index (χ0v) is 46.9. The first-order valence-electron chi connectivity index (χ1n) is 28.6. The number of nitrogens with zero attached hydrogens (tertiary/aromatic N) is 1. The van der Waals surface area contributed by atoms with E-state index in [-0.39, 0.29) is 19.1 Å². The van der Waals surface area contributed by atoms with E-state index in [1.807, 2.05) is 27.2 Å². The Hall–Kier alpha value is -2.58. The molecule has 0 saturated carbocycles. The first-order chi connectivity index (χ1) is 34.0. The van der Waals surface area contributed by atoms with Crippen LogP contribution >= 0.6 is 7.82 Å². The third-order valence-electron chi connectivity index (χ3n) is 12.3. The topological polar surface area (TPSA) is 105 Å². The number of likely N-dealkylation sites (N-methyl/N-ethyl adjacent to an activating group) is 1. The lowest BCUT2D eigenvalue weighted by atomic mass is 10.0. The van der Waals surface area contributed by atoms with Crippen molar-refractivity contribution in [1.82, 2.24) is 5.32 Å². The lowest BCUT2D eigenvalue weighted by molar-refractivity contribution is -0.870. The van der Waals surface area contributed by atoms with Crippen molar-refractivity contribution in [1.29, 1.82) is 0 Å². The van der Waals surface area contributed by atoms with Crippen LogP contribution in [-0.4, -0.2) is 73.4 Å². The van der Waals surface area contributed by atoms with E-state index in [1.165, 1.54) is 122 Å². The molecule has 0 aliphatic heterocycles. The van der Waals surface area contributed by atoms with Gasteiger partial charge in [-0.15, -0.1) is 0 Å². The first-order valence-corrected chi connectivity index (χ1v) is 30.1. The molecule has 0 aromatic heterocycles. The number of phosphoric acid groups is 1. The van der Waals surface area contributed by atoms with Gasteiger partial charge in [-0.1, -0.05) is 239 Å². The van der Waals surface area contributed by atoms with Gasteiger partial charge in [-0.3, -0.25) is 13.8 Å². The number of nitrogens with one attached hydrogen (secondary N) is 1. The summed E-state index contributed by atoms with van der Waals surface area (Å²) in [6.07, 6.45) is 73.6. The smallest absolute Gasteiger partial charge is 0.387 e. The molecule has 0 aromatic rings. The minimum atomic E-state index is -4.37. The Bertz CT molecular complexity index is 1460. The monoisotopic (exact) mass is 998 g/mol. The number of hydrogen-bond donors (Lipinski definition) is 3. The Labute approximate surface area is 432 Å². The number of aliphatic hydroxyl groups excluding tert-OH is 1. The molecule has 0 spiro atoms. The van der Waals surface area contributed by atoms with Crippen LogP contribution in [0.15, 0.2) is 97.2 Å². The molecule has 0 rings (SSSR count).